The number of hydrogen-bond donors (Lipinski definition) is 1. The van der Waals surface area contributed by atoms with Crippen molar-refractivity contribution in [2.75, 3.05) is 6.26 Å². The number of sulfonamides is 1. The summed E-state index contributed by atoms with van der Waals surface area (Å²) in [5.41, 5.74) is 0. The molecule has 6 heavy (non-hydrogen) atoms. The van der Waals surface area contributed by atoms with Gasteiger partial charge in [0.1, 0.15) is 0 Å². The summed E-state index contributed by atoms with van der Waals surface area (Å²) in [6, 6.07) is 0. The van der Waals surface area contributed by atoms with Gasteiger partial charge in [-0.2, -0.15) is 0 Å². The lowest BCUT2D eigenvalue weighted by atomic mass is 12.0. The van der Waals surface area contributed by atoms with Crippen molar-refractivity contribution in [2.45, 2.75) is 7.43 Å². The minimum atomic E-state index is -3.17. The molecule has 0 aliphatic rings. The van der Waals surface area contributed by atoms with Gasteiger partial charge in [-0.1, -0.05) is 7.43 Å². The highest BCUT2D eigenvalue weighted by atomic mass is 32.2. The van der Waals surface area contributed by atoms with Crippen molar-refractivity contribution in [1.82, 2.24) is 0 Å². The molecule has 0 aromatic carbocycles. The van der Waals surface area contributed by atoms with E-state index in [4.69, 9.17) is 0 Å². The van der Waals surface area contributed by atoms with Crippen molar-refractivity contribution in [1.29, 1.82) is 0 Å². The quantitative estimate of drug-likeness (QED) is 0.460. The maximum absolute atomic E-state index is 9.41. The van der Waals surface area contributed by atoms with Gasteiger partial charge in [0.2, 0.25) is 10.0 Å². The molecule has 0 fully saturated rings. The smallest absolute Gasteiger partial charge is 0.206 e. The first-order chi connectivity index (χ1) is 2.00. The van der Waals surface area contributed by atoms with E-state index in [1.54, 1.807) is 0 Å². The molecule has 0 unspecified atom stereocenters. The van der Waals surface area contributed by atoms with Crippen LogP contribution in [-0.4, -0.2) is 14.7 Å². The highest BCUT2D eigenvalue weighted by Crippen LogP contribution is 1.52. The van der Waals surface area contributed by atoms with Crippen LogP contribution in [0.1, 0.15) is 7.43 Å². The van der Waals surface area contributed by atoms with Gasteiger partial charge >= 0.3 is 0 Å². The Labute approximate surface area is 38.2 Å². The molecule has 0 aliphatic carbocycles. The summed E-state index contributed by atoms with van der Waals surface area (Å²) in [5, 5.41) is 4.33. The normalized spacial score (nSPS) is 9.67. The topological polar surface area (TPSA) is 60.2 Å². The van der Waals surface area contributed by atoms with Crippen molar-refractivity contribution in [3.8, 4) is 0 Å². The molecule has 0 spiro atoms. The fourth-order valence-electron chi connectivity index (χ4n) is 0. The second-order valence-electron chi connectivity index (χ2n) is 0.830. The fraction of sp³-hybridized carbons (Fsp3) is 1.00. The minimum Gasteiger partial charge on any atom is -0.229 e. The van der Waals surface area contributed by atoms with Crippen LogP contribution in [0.3, 0.4) is 0 Å². The molecule has 0 aliphatic heterocycles. The zero-order valence-electron chi connectivity index (χ0n) is 2.80. The van der Waals surface area contributed by atoms with E-state index in [2.05, 4.69) is 5.14 Å². The molecule has 0 amide bonds. The van der Waals surface area contributed by atoms with Crippen LogP contribution in [0, 0.1) is 0 Å². The number of primary sulfonamides is 1. The van der Waals surface area contributed by atoms with Crippen LogP contribution < -0.4 is 5.14 Å². The Hall–Kier alpha value is -0.0900. The van der Waals surface area contributed by atoms with Gasteiger partial charge in [0.25, 0.3) is 0 Å². The van der Waals surface area contributed by atoms with Crippen molar-refractivity contribution >= 4 is 10.0 Å². The Morgan fingerprint density at radius 3 is 1.50 bits per heavy atom. The van der Waals surface area contributed by atoms with Crippen LogP contribution in [-0.2, 0) is 10.0 Å². The van der Waals surface area contributed by atoms with Crippen LogP contribution in [0.25, 0.3) is 0 Å². The monoisotopic (exact) mass is 111 g/mol. The Morgan fingerprint density at radius 2 is 1.50 bits per heavy atom. The van der Waals surface area contributed by atoms with Crippen molar-refractivity contribution in [2.24, 2.45) is 5.14 Å². The van der Waals surface area contributed by atoms with Gasteiger partial charge in [-0.05, 0) is 0 Å². The summed E-state index contributed by atoms with van der Waals surface area (Å²) in [4.78, 5) is 0. The molecule has 0 saturated carbocycles. The molecule has 0 aromatic heterocycles. The average molecular weight is 111 g/mol. The summed E-state index contributed by atoms with van der Waals surface area (Å²) >= 11 is 0. The molecular weight excluding hydrogens is 102 g/mol. The third kappa shape index (κ3) is 4090. The van der Waals surface area contributed by atoms with E-state index in [1.165, 1.54) is 0 Å². The standard InChI is InChI=1S/CH5NO2S.CH4/c1-5(2,3)4;/h1H3,(H2,2,3,4);1H4. The van der Waals surface area contributed by atoms with Crippen LogP contribution in [0.2, 0.25) is 0 Å². The summed E-state index contributed by atoms with van der Waals surface area (Å²) in [7, 11) is -3.17. The van der Waals surface area contributed by atoms with Crippen LogP contribution in [0.15, 0.2) is 0 Å². The zero-order chi connectivity index (χ0) is 4.50. The minimum absolute atomic E-state index is 0. The lowest BCUT2D eigenvalue weighted by Crippen LogP contribution is -2.07. The van der Waals surface area contributed by atoms with E-state index in [1.807, 2.05) is 0 Å². The van der Waals surface area contributed by atoms with Gasteiger partial charge < -0.3 is 0 Å². The Kier molecular flexibility index (Phi) is 3.34. The first kappa shape index (κ1) is 9.32. The van der Waals surface area contributed by atoms with Gasteiger partial charge in [-0.3, -0.25) is 0 Å². The van der Waals surface area contributed by atoms with E-state index < -0.39 is 10.0 Å². The van der Waals surface area contributed by atoms with E-state index in [-0.39, 0.29) is 7.43 Å². The lowest BCUT2D eigenvalue weighted by molar-refractivity contribution is 0.603. The number of rotatable bonds is 0. The molecule has 4 heteroatoms. The van der Waals surface area contributed by atoms with Gasteiger partial charge in [0.15, 0.2) is 0 Å². The average Bonchev–Trinajstić information content (AvgIpc) is 0.722. The SMILES string of the molecule is C.CS(N)(=O)=O. The predicted molar refractivity (Wildman–Crippen MR) is 25.8 cm³/mol. The third-order valence-corrected chi connectivity index (χ3v) is 0. The summed E-state index contributed by atoms with van der Waals surface area (Å²) in [6.07, 6.45) is 0.938. The van der Waals surface area contributed by atoms with Crippen LogP contribution >= 0.6 is 0 Å². The molecule has 3 nitrogen and oxygen atoms in total. The largest absolute Gasteiger partial charge is 0.229 e. The third-order valence-electron chi connectivity index (χ3n) is 0. The van der Waals surface area contributed by atoms with Crippen molar-refractivity contribution in [3.63, 3.8) is 0 Å². The molecule has 0 atom stereocenters. The highest BCUT2D eigenvalue weighted by molar-refractivity contribution is 7.88. The lowest BCUT2D eigenvalue weighted by Gasteiger charge is -1.71. The van der Waals surface area contributed by atoms with E-state index in [0.29, 0.717) is 0 Å². The molecule has 0 rings (SSSR count). The number of nitrogens with two attached hydrogens (primary N) is 1. The fourth-order valence-corrected chi connectivity index (χ4v) is 0. The molecular formula is C2H9NO2S. The Balaban J connectivity index is 0. The summed E-state index contributed by atoms with van der Waals surface area (Å²) < 4.78 is 18.8. The first-order valence-corrected chi connectivity index (χ1v) is 2.93. The molecule has 0 bridgehead atoms. The maximum Gasteiger partial charge on any atom is 0.206 e. The number of hydrogen-bond acceptors (Lipinski definition) is 2. The van der Waals surface area contributed by atoms with Gasteiger partial charge in [-0.25, -0.2) is 13.6 Å². The summed E-state index contributed by atoms with van der Waals surface area (Å²) in [6.45, 7) is 0. The maximum atomic E-state index is 9.41. The Bertz CT molecular complexity index is 94.7. The second kappa shape index (κ2) is 2.15. The van der Waals surface area contributed by atoms with Crippen molar-refractivity contribution in [3.05, 3.63) is 0 Å². The van der Waals surface area contributed by atoms with Gasteiger partial charge in [-0.15, -0.1) is 0 Å². The van der Waals surface area contributed by atoms with Crippen molar-refractivity contribution < 1.29 is 8.42 Å². The molecule has 0 saturated heterocycles. The zero-order valence-corrected chi connectivity index (χ0v) is 3.62. The molecule has 2 N–H and O–H groups in total. The molecule has 0 heterocycles. The van der Waals surface area contributed by atoms with E-state index in [0.717, 1.165) is 6.26 Å². The highest BCUT2D eigenvalue weighted by Gasteiger charge is 1.78. The summed E-state index contributed by atoms with van der Waals surface area (Å²) in [5.74, 6) is 0. The van der Waals surface area contributed by atoms with Gasteiger partial charge in [0, 0.05) is 0 Å². The predicted octanol–water partition coefficient (Wildman–Crippen LogP) is -0.459. The van der Waals surface area contributed by atoms with Crippen LogP contribution in [0.4, 0.5) is 0 Å². The van der Waals surface area contributed by atoms with E-state index >= 15 is 0 Å². The first-order valence-electron chi connectivity index (χ1n) is 0.977. The molecule has 40 valence electrons. The molecule has 0 radical (unpaired) electrons. The van der Waals surface area contributed by atoms with Gasteiger partial charge in [0.05, 0.1) is 6.26 Å². The second-order valence-corrected chi connectivity index (χ2v) is 2.49. The van der Waals surface area contributed by atoms with Crippen LogP contribution in [0.5, 0.6) is 0 Å². The van der Waals surface area contributed by atoms with E-state index in [9.17, 15) is 8.42 Å². The molecule has 0 aromatic rings. The Morgan fingerprint density at radius 1 is 1.50 bits per heavy atom.